The van der Waals surface area contributed by atoms with E-state index in [-0.39, 0.29) is 11.4 Å². The lowest BCUT2D eigenvalue weighted by Crippen LogP contribution is -2.15. The van der Waals surface area contributed by atoms with E-state index in [0.717, 1.165) is 0 Å². The van der Waals surface area contributed by atoms with Gasteiger partial charge in [-0.25, -0.2) is 9.97 Å². The molecule has 0 radical (unpaired) electrons. The number of ether oxygens (including phenoxy) is 1. The Bertz CT molecular complexity index is 575. The summed E-state index contributed by atoms with van der Waals surface area (Å²) in [6.45, 7) is 0. The average molecular weight is 247 g/mol. The highest BCUT2D eigenvalue weighted by Crippen LogP contribution is 2.20. The van der Waals surface area contributed by atoms with E-state index in [1.165, 1.54) is 31.6 Å². The van der Waals surface area contributed by atoms with Crippen molar-refractivity contribution in [1.82, 2.24) is 9.97 Å². The number of rotatable bonds is 3. The summed E-state index contributed by atoms with van der Waals surface area (Å²) in [6.07, 6.45) is 2.80. The molecule has 1 amide bonds. The van der Waals surface area contributed by atoms with Gasteiger partial charge in [-0.15, -0.1) is 0 Å². The lowest BCUT2D eigenvalue weighted by molar-refractivity contribution is 0.102. The minimum absolute atomic E-state index is 0.136. The van der Waals surface area contributed by atoms with E-state index in [4.69, 9.17) is 4.74 Å². The molecule has 92 valence electrons. The Balaban J connectivity index is 2.24. The molecular formula is C12H10FN3O2. The third kappa shape index (κ3) is 2.42. The molecule has 0 unspecified atom stereocenters. The van der Waals surface area contributed by atoms with Crippen LogP contribution in [-0.4, -0.2) is 23.0 Å². The molecule has 6 heteroatoms. The lowest BCUT2D eigenvalue weighted by atomic mass is 10.2. The number of hydrogen-bond donors (Lipinski definition) is 1. The zero-order valence-corrected chi connectivity index (χ0v) is 9.55. The lowest BCUT2D eigenvalue weighted by Gasteiger charge is -2.08. The number of anilines is 1. The van der Waals surface area contributed by atoms with Crippen molar-refractivity contribution in [2.45, 2.75) is 0 Å². The van der Waals surface area contributed by atoms with Gasteiger partial charge in [0.25, 0.3) is 5.91 Å². The first-order valence-electron chi connectivity index (χ1n) is 5.13. The topological polar surface area (TPSA) is 64.1 Å². The summed E-state index contributed by atoms with van der Waals surface area (Å²) < 4.78 is 18.3. The Labute approximate surface area is 103 Å². The Hall–Kier alpha value is -2.50. The molecule has 0 bridgehead atoms. The van der Waals surface area contributed by atoms with E-state index in [1.807, 2.05) is 0 Å². The number of nitrogens with one attached hydrogen (secondary N) is 1. The van der Waals surface area contributed by atoms with Gasteiger partial charge in [-0.05, 0) is 24.3 Å². The molecule has 2 aromatic rings. The molecule has 5 nitrogen and oxygen atoms in total. The normalized spacial score (nSPS) is 9.89. The third-order valence-electron chi connectivity index (χ3n) is 2.22. The van der Waals surface area contributed by atoms with E-state index in [2.05, 4.69) is 15.3 Å². The van der Waals surface area contributed by atoms with Gasteiger partial charge in [-0.3, -0.25) is 4.79 Å². The van der Waals surface area contributed by atoms with Crippen molar-refractivity contribution >= 4 is 11.6 Å². The quantitative estimate of drug-likeness (QED) is 0.841. The van der Waals surface area contributed by atoms with Crippen molar-refractivity contribution in [3.63, 3.8) is 0 Å². The number of methoxy groups -OCH3 is 1. The number of aromatic nitrogens is 2. The van der Waals surface area contributed by atoms with Crippen molar-refractivity contribution in [1.29, 1.82) is 0 Å². The van der Waals surface area contributed by atoms with Crippen LogP contribution in [0.3, 0.4) is 0 Å². The highest BCUT2D eigenvalue weighted by Gasteiger charge is 2.14. The summed E-state index contributed by atoms with van der Waals surface area (Å²) in [4.78, 5) is 19.2. The number of hydrogen-bond acceptors (Lipinski definition) is 4. The molecule has 0 atom stereocenters. The molecule has 0 aliphatic rings. The minimum atomic E-state index is -0.821. The molecule has 2 heterocycles. The first-order valence-corrected chi connectivity index (χ1v) is 5.13. The zero-order chi connectivity index (χ0) is 13.0. The zero-order valence-electron chi connectivity index (χ0n) is 9.55. The number of pyridine rings is 2. The summed E-state index contributed by atoms with van der Waals surface area (Å²) in [5.74, 6) is -1.17. The fourth-order valence-electron chi connectivity index (χ4n) is 1.39. The largest absolute Gasteiger partial charge is 0.480 e. The maximum atomic E-state index is 13.3. The van der Waals surface area contributed by atoms with Crippen LogP contribution in [0.1, 0.15) is 10.4 Å². The van der Waals surface area contributed by atoms with Gasteiger partial charge in [0.2, 0.25) is 11.8 Å². The van der Waals surface area contributed by atoms with E-state index in [1.54, 1.807) is 12.1 Å². The maximum Gasteiger partial charge on any atom is 0.260 e. The number of amides is 1. The Kier molecular flexibility index (Phi) is 3.47. The van der Waals surface area contributed by atoms with Crippen LogP contribution in [0.15, 0.2) is 36.7 Å². The first-order chi connectivity index (χ1) is 8.72. The Morgan fingerprint density at radius 2 is 2.00 bits per heavy atom. The van der Waals surface area contributed by atoms with Crippen molar-refractivity contribution in [3.8, 4) is 5.88 Å². The van der Waals surface area contributed by atoms with Crippen LogP contribution >= 0.6 is 0 Å². The SMILES string of the molecule is COc1ncccc1NC(=O)c1cccnc1F. The number of carbonyl (C=O) groups is 1. The highest BCUT2D eigenvalue weighted by molar-refractivity contribution is 6.04. The molecule has 1 N–H and O–H groups in total. The van der Waals surface area contributed by atoms with Crippen molar-refractivity contribution in [2.24, 2.45) is 0 Å². The second-order valence-corrected chi connectivity index (χ2v) is 3.36. The van der Waals surface area contributed by atoms with Gasteiger partial charge < -0.3 is 10.1 Å². The molecule has 0 aliphatic carbocycles. The predicted octanol–water partition coefficient (Wildman–Crippen LogP) is 1.88. The highest BCUT2D eigenvalue weighted by atomic mass is 19.1. The van der Waals surface area contributed by atoms with E-state index in [0.29, 0.717) is 5.69 Å². The second-order valence-electron chi connectivity index (χ2n) is 3.36. The van der Waals surface area contributed by atoms with Gasteiger partial charge in [0.1, 0.15) is 5.69 Å². The van der Waals surface area contributed by atoms with Crippen LogP contribution < -0.4 is 10.1 Å². The summed E-state index contributed by atoms with van der Waals surface area (Å²) in [7, 11) is 1.43. The van der Waals surface area contributed by atoms with Crippen LogP contribution in [0.4, 0.5) is 10.1 Å². The summed E-state index contributed by atoms with van der Waals surface area (Å²) >= 11 is 0. The third-order valence-corrected chi connectivity index (χ3v) is 2.22. The molecule has 0 saturated carbocycles. The van der Waals surface area contributed by atoms with E-state index >= 15 is 0 Å². The summed E-state index contributed by atoms with van der Waals surface area (Å²) in [6, 6.07) is 6.08. The summed E-state index contributed by atoms with van der Waals surface area (Å²) in [5.41, 5.74) is 0.233. The number of halogens is 1. The fourth-order valence-corrected chi connectivity index (χ4v) is 1.39. The molecule has 0 fully saturated rings. The van der Waals surface area contributed by atoms with Crippen molar-refractivity contribution < 1.29 is 13.9 Å². The standard InChI is InChI=1S/C12H10FN3O2/c1-18-12-9(5-3-7-15-12)16-11(17)8-4-2-6-14-10(8)13/h2-7H,1H3,(H,16,17). The molecule has 0 saturated heterocycles. The molecule has 18 heavy (non-hydrogen) atoms. The molecule has 0 aliphatic heterocycles. The smallest absolute Gasteiger partial charge is 0.260 e. The number of carbonyl (C=O) groups excluding carboxylic acids is 1. The Morgan fingerprint density at radius 3 is 2.72 bits per heavy atom. The minimum Gasteiger partial charge on any atom is -0.480 e. The average Bonchev–Trinajstić information content (AvgIpc) is 2.39. The Morgan fingerprint density at radius 1 is 1.28 bits per heavy atom. The number of nitrogens with zero attached hydrogens (tertiary/aromatic N) is 2. The van der Waals surface area contributed by atoms with Gasteiger partial charge in [-0.2, -0.15) is 4.39 Å². The molecule has 2 rings (SSSR count). The van der Waals surface area contributed by atoms with Crippen molar-refractivity contribution in [3.05, 3.63) is 48.2 Å². The predicted molar refractivity (Wildman–Crippen MR) is 62.9 cm³/mol. The maximum absolute atomic E-state index is 13.3. The van der Waals surface area contributed by atoms with Crippen molar-refractivity contribution in [2.75, 3.05) is 12.4 Å². The van der Waals surface area contributed by atoms with Gasteiger partial charge in [0.15, 0.2) is 0 Å². The molecule has 0 aromatic carbocycles. The summed E-state index contributed by atoms with van der Waals surface area (Å²) in [5, 5.41) is 2.51. The van der Waals surface area contributed by atoms with E-state index in [9.17, 15) is 9.18 Å². The van der Waals surface area contributed by atoms with Gasteiger partial charge in [0.05, 0.1) is 12.7 Å². The fraction of sp³-hybridized carbons (Fsp3) is 0.0833. The molecular weight excluding hydrogens is 237 g/mol. The van der Waals surface area contributed by atoms with E-state index < -0.39 is 11.9 Å². The second kappa shape index (κ2) is 5.22. The first kappa shape index (κ1) is 12.0. The van der Waals surface area contributed by atoms with Gasteiger partial charge in [0, 0.05) is 12.4 Å². The van der Waals surface area contributed by atoms with Crippen LogP contribution in [0.2, 0.25) is 0 Å². The van der Waals surface area contributed by atoms with Gasteiger partial charge in [-0.1, -0.05) is 0 Å². The van der Waals surface area contributed by atoms with Crippen LogP contribution in [0, 0.1) is 5.95 Å². The van der Waals surface area contributed by atoms with Crippen LogP contribution in [-0.2, 0) is 0 Å². The van der Waals surface area contributed by atoms with Gasteiger partial charge >= 0.3 is 0 Å². The van der Waals surface area contributed by atoms with Crippen LogP contribution in [0.25, 0.3) is 0 Å². The monoisotopic (exact) mass is 247 g/mol. The molecule has 2 aromatic heterocycles. The molecule has 0 spiro atoms. The van der Waals surface area contributed by atoms with Crippen LogP contribution in [0.5, 0.6) is 5.88 Å².